The van der Waals surface area contributed by atoms with E-state index in [1.807, 2.05) is 0 Å². The van der Waals surface area contributed by atoms with Gasteiger partial charge in [0.2, 0.25) is 0 Å². The zero-order valence-corrected chi connectivity index (χ0v) is 4.08. The Hall–Kier alpha value is 0.430. The SMILES string of the molecule is C[CH]PC. The fraction of sp³-hybridized carbons (Fsp3) is 0.667. The van der Waals surface area contributed by atoms with Gasteiger partial charge < -0.3 is 0 Å². The second kappa shape index (κ2) is 3.43. The minimum Gasteiger partial charge on any atom is -0.122 e. The molecule has 1 unspecified atom stereocenters. The lowest BCUT2D eigenvalue weighted by Crippen LogP contribution is -1.34. The second-order valence-electron chi connectivity index (χ2n) is 0.577. The Labute approximate surface area is 29.4 Å². The summed E-state index contributed by atoms with van der Waals surface area (Å²) in [6.07, 6.45) is 2.15. The molecule has 0 aromatic heterocycles. The molecular weight excluding hydrogens is 67.0 g/mol. The highest BCUT2D eigenvalue weighted by Crippen LogP contribution is 2.02. The summed E-state index contributed by atoms with van der Waals surface area (Å²) in [5.74, 6) is 0. The highest BCUT2D eigenvalue weighted by Gasteiger charge is 1.55. The van der Waals surface area contributed by atoms with Gasteiger partial charge in [-0.25, -0.2) is 0 Å². The zero-order valence-electron chi connectivity index (χ0n) is 3.08. The summed E-state index contributed by atoms with van der Waals surface area (Å²) in [6.45, 7) is 4.22. The van der Waals surface area contributed by atoms with Crippen molar-refractivity contribution in [3.05, 3.63) is 6.16 Å². The summed E-state index contributed by atoms with van der Waals surface area (Å²) in [5, 5.41) is 0. The van der Waals surface area contributed by atoms with Gasteiger partial charge in [-0.1, -0.05) is 6.92 Å². The Morgan fingerprint density at radius 3 is 2.00 bits per heavy atom. The molecule has 0 saturated carbocycles. The van der Waals surface area contributed by atoms with Crippen molar-refractivity contribution < 1.29 is 0 Å². The van der Waals surface area contributed by atoms with Crippen LogP contribution in [-0.4, -0.2) is 6.66 Å². The zero-order chi connectivity index (χ0) is 3.41. The normalized spacial score (nSPS) is 10.5. The van der Waals surface area contributed by atoms with Crippen molar-refractivity contribution in [3.63, 3.8) is 0 Å². The van der Waals surface area contributed by atoms with Crippen molar-refractivity contribution in [2.24, 2.45) is 0 Å². The summed E-state index contributed by atoms with van der Waals surface area (Å²) in [5.41, 5.74) is 0. The van der Waals surface area contributed by atoms with Crippen LogP contribution in [0.1, 0.15) is 6.92 Å². The van der Waals surface area contributed by atoms with Crippen LogP contribution in [0.2, 0.25) is 0 Å². The quantitative estimate of drug-likeness (QED) is 0.414. The van der Waals surface area contributed by atoms with Crippen LogP contribution < -0.4 is 0 Å². The smallest absolute Gasteiger partial charge is 0.0205 e. The van der Waals surface area contributed by atoms with Crippen LogP contribution in [0, 0.1) is 6.16 Å². The molecule has 1 atom stereocenters. The molecule has 1 radical (unpaired) electrons. The van der Waals surface area contributed by atoms with Gasteiger partial charge in [0.25, 0.3) is 0 Å². The molecule has 25 valence electrons. The van der Waals surface area contributed by atoms with E-state index in [0.717, 1.165) is 8.58 Å². The molecule has 0 aliphatic rings. The molecular formula is C3H8P. The van der Waals surface area contributed by atoms with Gasteiger partial charge in [0.05, 0.1) is 0 Å². The molecule has 0 aromatic carbocycles. The maximum absolute atomic E-state index is 2.15. The molecule has 0 bridgehead atoms. The Kier molecular flexibility index (Phi) is 3.80. The molecule has 0 aliphatic heterocycles. The van der Waals surface area contributed by atoms with Crippen molar-refractivity contribution in [1.82, 2.24) is 0 Å². The molecule has 0 fully saturated rings. The molecule has 4 heavy (non-hydrogen) atoms. The van der Waals surface area contributed by atoms with Gasteiger partial charge in [-0.15, -0.1) is 8.58 Å². The predicted molar refractivity (Wildman–Crippen MR) is 24.2 cm³/mol. The average molecular weight is 75.1 g/mol. The van der Waals surface area contributed by atoms with E-state index in [9.17, 15) is 0 Å². The molecule has 0 N–H and O–H groups in total. The van der Waals surface area contributed by atoms with Gasteiger partial charge in [0.1, 0.15) is 0 Å². The van der Waals surface area contributed by atoms with Gasteiger partial charge in [-0.3, -0.25) is 0 Å². The molecule has 1 heteroatoms. The maximum Gasteiger partial charge on any atom is -0.0205 e. The van der Waals surface area contributed by atoms with Crippen LogP contribution in [-0.2, 0) is 0 Å². The lowest BCUT2D eigenvalue weighted by atomic mass is 11.0. The van der Waals surface area contributed by atoms with Crippen LogP contribution >= 0.6 is 8.58 Å². The number of hydrogen-bond donors (Lipinski definition) is 0. The lowest BCUT2D eigenvalue weighted by Gasteiger charge is -1.68. The van der Waals surface area contributed by atoms with E-state index in [1.54, 1.807) is 0 Å². The van der Waals surface area contributed by atoms with Gasteiger partial charge in [0.15, 0.2) is 0 Å². The van der Waals surface area contributed by atoms with Gasteiger partial charge in [0, 0.05) is 0 Å². The summed E-state index contributed by atoms with van der Waals surface area (Å²) >= 11 is 0. The molecule has 0 saturated heterocycles. The lowest BCUT2D eigenvalue weighted by molar-refractivity contribution is 1.72. The predicted octanol–water partition coefficient (Wildman–Crippen LogP) is 1.48. The minimum absolute atomic E-state index is 1.02. The largest absolute Gasteiger partial charge is 0.122 e. The molecule has 0 amide bonds. The van der Waals surface area contributed by atoms with E-state index >= 15 is 0 Å². The topological polar surface area (TPSA) is 0 Å². The van der Waals surface area contributed by atoms with Crippen molar-refractivity contribution in [3.8, 4) is 0 Å². The van der Waals surface area contributed by atoms with E-state index < -0.39 is 0 Å². The van der Waals surface area contributed by atoms with Crippen LogP contribution in [0.3, 0.4) is 0 Å². The number of hydrogen-bond acceptors (Lipinski definition) is 0. The van der Waals surface area contributed by atoms with Gasteiger partial charge >= 0.3 is 0 Å². The summed E-state index contributed by atoms with van der Waals surface area (Å²) in [6, 6.07) is 0. The van der Waals surface area contributed by atoms with Gasteiger partial charge in [-0.05, 0) is 12.8 Å². The minimum atomic E-state index is 1.02. The van der Waals surface area contributed by atoms with Crippen molar-refractivity contribution in [2.45, 2.75) is 6.92 Å². The fourth-order valence-corrected chi connectivity index (χ4v) is 0. The van der Waals surface area contributed by atoms with E-state index in [4.69, 9.17) is 0 Å². The summed E-state index contributed by atoms with van der Waals surface area (Å²) in [4.78, 5) is 0. The second-order valence-corrected chi connectivity index (χ2v) is 1.73. The third-order valence-electron chi connectivity index (χ3n) is 0.289. The Balaban J connectivity index is 1.97. The van der Waals surface area contributed by atoms with Crippen LogP contribution in [0.4, 0.5) is 0 Å². The highest BCUT2D eigenvalue weighted by molar-refractivity contribution is 7.39. The van der Waals surface area contributed by atoms with Crippen LogP contribution in [0.25, 0.3) is 0 Å². The summed E-state index contributed by atoms with van der Waals surface area (Å²) < 4.78 is 0. The standard InChI is InChI=1S/C3H8P/c1-3-4-2/h3-4H,1-2H3. The molecule has 0 nitrogen and oxygen atoms in total. The highest BCUT2D eigenvalue weighted by atomic mass is 31.1. The summed E-state index contributed by atoms with van der Waals surface area (Å²) in [7, 11) is 1.02. The van der Waals surface area contributed by atoms with Crippen LogP contribution in [0.5, 0.6) is 0 Å². The molecule has 0 heterocycles. The Morgan fingerprint density at radius 1 is 1.75 bits per heavy atom. The Bertz CT molecular complexity index is 5.25. The molecule has 0 aromatic rings. The third-order valence-corrected chi connectivity index (χ3v) is 0.866. The maximum atomic E-state index is 2.15. The monoisotopic (exact) mass is 75.0 g/mol. The van der Waals surface area contributed by atoms with Crippen molar-refractivity contribution in [1.29, 1.82) is 0 Å². The van der Waals surface area contributed by atoms with E-state index in [-0.39, 0.29) is 0 Å². The molecule has 0 aliphatic carbocycles. The van der Waals surface area contributed by atoms with Crippen LogP contribution in [0.15, 0.2) is 0 Å². The first-order valence-electron chi connectivity index (χ1n) is 1.37. The Morgan fingerprint density at radius 2 is 2.00 bits per heavy atom. The first kappa shape index (κ1) is 4.43. The van der Waals surface area contributed by atoms with E-state index in [2.05, 4.69) is 19.8 Å². The van der Waals surface area contributed by atoms with E-state index in [0.29, 0.717) is 0 Å². The average Bonchev–Trinajstić information content (AvgIpc) is 1.37. The van der Waals surface area contributed by atoms with Crippen molar-refractivity contribution >= 4 is 8.58 Å². The van der Waals surface area contributed by atoms with Gasteiger partial charge in [-0.2, -0.15) is 0 Å². The first-order valence-corrected chi connectivity index (χ1v) is 2.94. The third kappa shape index (κ3) is 2.43. The molecule has 0 spiro atoms. The van der Waals surface area contributed by atoms with E-state index in [1.165, 1.54) is 0 Å². The fourth-order valence-electron chi connectivity index (χ4n) is 0. The van der Waals surface area contributed by atoms with Crippen molar-refractivity contribution in [2.75, 3.05) is 6.66 Å². The molecule has 0 rings (SSSR count). The number of rotatable bonds is 1. The first-order chi connectivity index (χ1) is 1.91.